The van der Waals surface area contributed by atoms with E-state index < -0.39 is 0 Å². The average Bonchev–Trinajstić information content (AvgIpc) is 2.76. The molecule has 0 atom stereocenters. The van der Waals surface area contributed by atoms with Crippen molar-refractivity contribution in [3.8, 4) is 22.6 Å². The van der Waals surface area contributed by atoms with E-state index in [0.717, 1.165) is 21.2 Å². The summed E-state index contributed by atoms with van der Waals surface area (Å²) in [6, 6.07) is 18.1. The van der Waals surface area contributed by atoms with E-state index in [4.69, 9.17) is 6.57 Å². The molecule has 0 saturated heterocycles. The quantitative estimate of drug-likeness (QED) is 0.427. The van der Waals surface area contributed by atoms with E-state index in [1.54, 1.807) is 30.6 Å². The first-order valence-corrected chi connectivity index (χ1v) is 9.54. The van der Waals surface area contributed by atoms with Crippen molar-refractivity contribution >= 4 is 21.6 Å². The first-order valence-electron chi connectivity index (χ1n) is 8.75. The maximum atomic E-state index is 12.3. The Morgan fingerprint density at radius 1 is 0.966 bits per heavy atom. The van der Waals surface area contributed by atoms with E-state index in [1.165, 1.54) is 10.7 Å². The average molecular weight is 444 g/mol. The van der Waals surface area contributed by atoms with Crippen LogP contribution in [0.1, 0.15) is 5.56 Å². The molecule has 0 aliphatic heterocycles. The molecule has 0 unspecified atom stereocenters. The van der Waals surface area contributed by atoms with Crippen LogP contribution in [0, 0.1) is 6.57 Å². The Bertz CT molecular complexity index is 1280. The van der Waals surface area contributed by atoms with Crippen molar-refractivity contribution in [2.45, 2.75) is 6.54 Å². The van der Waals surface area contributed by atoms with Gasteiger partial charge in [-0.25, -0.2) is 19.5 Å². The third kappa shape index (κ3) is 4.28. The van der Waals surface area contributed by atoms with Gasteiger partial charge >= 0.3 is 0 Å². The van der Waals surface area contributed by atoms with Crippen molar-refractivity contribution in [3.63, 3.8) is 0 Å². The van der Waals surface area contributed by atoms with Gasteiger partial charge < -0.3 is 0 Å². The number of aromatic nitrogens is 4. The SMILES string of the molecule is [C-]#[N+]c1cccc(-c2ccc(=O)n(Cc3cccc(-c4ncc(Br)cn4)c3)n2)c1. The van der Waals surface area contributed by atoms with Crippen LogP contribution in [0.2, 0.25) is 0 Å². The van der Waals surface area contributed by atoms with Crippen LogP contribution in [0.25, 0.3) is 27.5 Å². The van der Waals surface area contributed by atoms with Crippen LogP contribution >= 0.6 is 15.9 Å². The minimum absolute atomic E-state index is 0.194. The lowest BCUT2D eigenvalue weighted by Crippen LogP contribution is -2.22. The molecule has 0 N–H and O–H groups in total. The van der Waals surface area contributed by atoms with Crippen LogP contribution in [0.3, 0.4) is 0 Å². The minimum Gasteiger partial charge on any atom is -0.268 e. The fraction of sp³-hybridized carbons (Fsp3) is 0.0455. The highest BCUT2D eigenvalue weighted by molar-refractivity contribution is 9.10. The number of nitrogens with zero attached hydrogens (tertiary/aromatic N) is 5. The van der Waals surface area contributed by atoms with Crippen molar-refractivity contribution < 1.29 is 0 Å². The zero-order valence-electron chi connectivity index (χ0n) is 15.2. The van der Waals surface area contributed by atoms with Crippen LogP contribution < -0.4 is 5.56 Å². The lowest BCUT2D eigenvalue weighted by Gasteiger charge is -2.09. The Kier molecular flexibility index (Phi) is 5.27. The summed E-state index contributed by atoms with van der Waals surface area (Å²) in [6.45, 7) is 7.49. The third-order valence-electron chi connectivity index (χ3n) is 4.28. The van der Waals surface area contributed by atoms with Gasteiger partial charge in [-0.2, -0.15) is 5.10 Å². The Balaban J connectivity index is 1.66. The fourth-order valence-corrected chi connectivity index (χ4v) is 3.10. The normalized spacial score (nSPS) is 10.5. The minimum atomic E-state index is -0.194. The molecule has 0 aliphatic rings. The summed E-state index contributed by atoms with van der Waals surface area (Å²) in [4.78, 5) is 24.4. The monoisotopic (exact) mass is 443 g/mol. The molecule has 0 amide bonds. The summed E-state index contributed by atoms with van der Waals surface area (Å²) in [5.41, 5.74) is 3.55. The predicted molar refractivity (Wildman–Crippen MR) is 114 cm³/mol. The van der Waals surface area contributed by atoms with E-state index in [2.05, 4.69) is 35.8 Å². The molecule has 2 aromatic heterocycles. The third-order valence-corrected chi connectivity index (χ3v) is 4.68. The van der Waals surface area contributed by atoms with Crippen molar-refractivity contribution in [3.05, 3.63) is 105 Å². The summed E-state index contributed by atoms with van der Waals surface area (Å²) in [6.07, 6.45) is 3.39. The summed E-state index contributed by atoms with van der Waals surface area (Å²) in [7, 11) is 0. The molecule has 6 nitrogen and oxygen atoms in total. The molecule has 0 radical (unpaired) electrons. The molecule has 0 bridgehead atoms. The maximum Gasteiger partial charge on any atom is 0.267 e. The largest absolute Gasteiger partial charge is 0.268 e. The van der Waals surface area contributed by atoms with Crippen molar-refractivity contribution in [1.82, 2.24) is 19.7 Å². The van der Waals surface area contributed by atoms with E-state index in [0.29, 0.717) is 23.8 Å². The molecular weight excluding hydrogens is 430 g/mol. The van der Waals surface area contributed by atoms with Gasteiger partial charge in [0.25, 0.3) is 5.56 Å². The van der Waals surface area contributed by atoms with Crippen LogP contribution in [0.5, 0.6) is 0 Å². The smallest absolute Gasteiger partial charge is 0.267 e. The molecule has 2 aromatic carbocycles. The first-order chi connectivity index (χ1) is 14.1. The topological polar surface area (TPSA) is 65.0 Å². The van der Waals surface area contributed by atoms with Gasteiger partial charge in [0.05, 0.1) is 23.3 Å². The second-order valence-corrected chi connectivity index (χ2v) is 7.22. The molecule has 4 aromatic rings. The second kappa shape index (κ2) is 8.17. The summed E-state index contributed by atoms with van der Waals surface area (Å²) >= 11 is 3.33. The van der Waals surface area contributed by atoms with E-state index in [-0.39, 0.29) is 5.56 Å². The zero-order valence-corrected chi connectivity index (χ0v) is 16.7. The van der Waals surface area contributed by atoms with Gasteiger partial charge in [0.15, 0.2) is 11.5 Å². The molecule has 4 rings (SSSR count). The predicted octanol–water partition coefficient (Wildman–Crippen LogP) is 4.73. The first kappa shape index (κ1) is 18.7. The molecule has 7 heteroatoms. The van der Waals surface area contributed by atoms with Gasteiger partial charge in [0, 0.05) is 24.0 Å². The van der Waals surface area contributed by atoms with Crippen molar-refractivity contribution in [2.24, 2.45) is 0 Å². The molecule has 2 heterocycles. The standard InChI is InChI=1S/C22H14BrN5O/c1-24-19-7-3-5-16(11-19)20-8-9-21(29)28(27-20)14-15-4-2-6-17(10-15)22-25-12-18(23)13-26-22/h2-13H,14H2. The highest BCUT2D eigenvalue weighted by atomic mass is 79.9. The summed E-state index contributed by atoms with van der Waals surface area (Å²) in [5.74, 6) is 0.611. The zero-order chi connectivity index (χ0) is 20.2. The van der Waals surface area contributed by atoms with Crippen LogP contribution in [0.15, 0.2) is 82.3 Å². The van der Waals surface area contributed by atoms with Crippen LogP contribution in [0.4, 0.5) is 5.69 Å². The Morgan fingerprint density at radius 3 is 2.52 bits per heavy atom. The number of benzene rings is 2. The highest BCUT2D eigenvalue weighted by Crippen LogP contribution is 2.22. The molecular formula is C22H14BrN5O. The fourth-order valence-electron chi connectivity index (χ4n) is 2.89. The number of hydrogen-bond donors (Lipinski definition) is 0. The number of rotatable bonds is 4. The lowest BCUT2D eigenvalue weighted by atomic mass is 10.1. The molecule has 0 saturated carbocycles. The Hall–Kier alpha value is -3.63. The number of halogens is 1. The number of hydrogen-bond acceptors (Lipinski definition) is 4. The summed E-state index contributed by atoms with van der Waals surface area (Å²) in [5, 5.41) is 4.49. The van der Waals surface area contributed by atoms with E-state index in [1.807, 2.05) is 36.4 Å². The van der Waals surface area contributed by atoms with Crippen LogP contribution in [-0.4, -0.2) is 19.7 Å². The molecule has 0 aliphatic carbocycles. The van der Waals surface area contributed by atoms with Gasteiger partial charge in [-0.1, -0.05) is 36.4 Å². The van der Waals surface area contributed by atoms with Crippen molar-refractivity contribution in [2.75, 3.05) is 0 Å². The van der Waals surface area contributed by atoms with Crippen LogP contribution in [-0.2, 0) is 6.54 Å². The Morgan fingerprint density at radius 2 is 1.72 bits per heavy atom. The highest BCUT2D eigenvalue weighted by Gasteiger charge is 2.07. The second-order valence-electron chi connectivity index (χ2n) is 6.30. The lowest BCUT2D eigenvalue weighted by molar-refractivity contribution is 0.643. The van der Waals surface area contributed by atoms with Gasteiger partial charge in [-0.05, 0) is 45.3 Å². The van der Waals surface area contributed by atoms with E-state index >= 15 is 0 Å². The molecule has 29 heavy (non-hydrogen) atoms. The molecule has 0 fully saturated rings. The molecule has 140 valence electrons. The van der Waals surface area contributed by atoms with Crippen molar-refractivity contribution in [1.29, 1.82) is 0 Å². The van der Waals surface area contributed by atoms with E-state index in [9.17, 15) is 4.79 Å². The van der Waals surface area contributed by atoms with Gasteiger partial charge in [-0.3, -0.25) is 4.79 Å². The maximum absolute atomic E-state index is 12.3. The van der Waals surface area contributed by atoms with Gasteiger partial charge in [0.2, 0.25) is 0 Å². The summed E-state index contributed by atoms with van der Waals surface area (Å²) < 4.78 is 2.23. The Labute approximate surface area is 175 Å². The molecule has 0 spiro atoms. The van der Waals surface area contributed by atoms with Gasteiger partial charge in [-0.15, -0.1) is 0 Å². The van der Waals surface area contributed by atoms with Gasteiger partial charge in [0.1, 0.15) is 0 Å².